The highest BCUT2D eigenvalue weighted by atomic mass is 35.5. The van der Waals surface area contributed by atoms with E-state index in [4.69, 9.17) is 23.2 Å². The van der Waals surface area contributed by atoms with Gasteiger partial charge in [-0.05, 0) is 30.2 Å². The molecule has 114 valence electrons. The first-order valence-corrected chi connectivity index (χ1v) is 7.19. The fourth-order valence-corrected chi connectivity index (χ4v) is 2.19. The number of amides is 1. The normalized spacial score (nSPS) is 10.3. The van der Waals surface area contributed by atoms with Crippen molar-refractivity contribution in [3.05, 3.63) is 68.2 Å². The number of halogens is 2. The number of carbonyl (C=O) groups is 1. The Kier molecular flexibility index (Phi) is 5.35. The van der Waals surface area contributed by atoms with E-state index in [1.807, 2.05) is 0 Å². The van der Waals surface area contributed by atoms with Crippen molar-refractivity contribution in [3.63, 3.8) is 0 Å². The molecule has 0 saturated carbocycles. The number of rotatable bonds is 5. The van der Waals surface area contributed by atoms with Crippen molar-refractivity contribution < 1.29 is 9.72 Å². The van der Waals surface area contributed by atoms with Crippen LogP contribution >= 0.6 is 23.2 Å². The maximum Gasteiger partial charge on any atom is 0.271 e. The molecule has 2 aromatic carbocycles. The molecule has 0 bridgehead atoms. The summed E-state index contributed by atoms with van der Waals surface area (Å²) in [5.41, 5.74) is 1.22. The second kappa shape index (κ2) is 7.24. The van der Waals surface area contributed by atoms with E-state index in [0.717, 1.165) is 5.56 Å². The Morgan fingerprint density at radius 3 is 2.59 bits per heavy atom. The van der Waals surface area contributed by atoms with Gasteiger partial charge in [0.1, 0.15) is 0 Å². The van der Waals surface area contributed by atoms with E-state index in [-0.39, 0.29) is 18.0 Å². The number of nitro benzene ring substituents is 1. The van der Waals surface area contributed by atoms with Crippen LogP contribution in [0.15, 0.2) is 42.5 Å². The van der Waals surface area contributed by atoms with E-state index in [9.17, 15) is 14.9 Å². The van der Waals surface area contributed by atoms with Crippen molar-refractivity contribution >= 4 is 40.5 Å². The third-order valence-corrected chi connectivity index (χ3v) is 3.70. The lowest BCUT2D eigenvalue weighted by Gasteiger charge is -2.06. The van der Waals surface area contributed by atoms with Crippen LogP contribution in [0.2, 0.25) is 10.0 Å². The molecule has 1 N–H and O–H groups in total. The Balaban J connectivity index is 1.94. The lowest BCUT2D eigenvalue weighted by molar-refractivity contribution is -0.384. The van der Waals surface area contributed by atoms with Crippen molar-refractivity contribution in [1.82, 2.24) is 0 Å². The molecule has 5 nitrogen and oxygen atoms in total. The molecule has 22 heavy (non-hydrogen) atoms. The number of nitro groups is 1. The average Bonchev–Trinajstić information content (AvgIpc) is 2.49. The summed E-state index contributed by atoms with van der Waals surface area (Å²) >= 11 is 11.7. The molecule has 2 rings (SSSR count). The standard InChI is InChI=1S/C15H12Cl2N2O3/c16-13-6-4-10(8-14(13)17)5-7-15(20)18-11-2-1-3-12(9-11)19(21)22/h1-4,6,8-9H,5,7H2,(H,18,20). The summed E-state index contributed by atoms with van der Waals surface area (Å²) in [6.45, 7) is 0. The Bertz CT molecular complexity index is 720. The lowest BCUT2D eigenvalue weighted by Crippen LogP contribution is -2.12. The number of benzene rings is 2. The van der Waals surface area contributed by atoms with E-state index >= 15 is 0 Å². The Labute approximate surface area is 137 Å². The van der Waals surface area contributed by atoms with E-state index in [2.05, 4.69) is 5.32 Å². The first-order valence-electron chi connectivity index (χ1n) is 6.44. The van der Waals surface area contributed by atoms with Gasteiger partial charge in [0.05, 0.1) is 15.0 Å². The zero-order chi connectivity index (χ0) is 16.1. The number of hydrogen-bond acceptors (Lipinski definition) is 3. The summed E-state index contributed by atoms with van der Waals surface area (Å²) in [6, 6.07) is 11.0. The van der Waals surface area contributed by atoms with Crippen LogP contribution in [0.1, 0.15) is 12.0 Å². The number of nitrogens with zero attached hydrogens (tertiary/aromatic N) is 1. The van der Waals surface area contributed by atoms with Gasteiger partial charge in [-0.2, -0.15) is 0 Å². The molecule has 1 amide bonds. The molecule has 0 fully saturated rings. The van der Waals surface area contributed by atoms with Gasteiger partial charge in [-0.15, -0.1) is 0 Å². The fraction of sp³-hybridized carbons (Fsp3) is 0.133. The second-order valence-corrected chi connectivity index (χ2v) is 5.42. The first-order chi connectivity index (χ1) is 10.5. The van der Waals surface area contributed by atoms with E-state index in [1.54, 1.807) is 24.3 Å². The highest BCUT2D eigenvalue weighted by Gasteiger charge is 2.09. The van der Waals surface area contributed by atoms with E-state index in [0.29, 0.717) is 22.2 Å². The minimum Gasteiger partial charge on any atom is -0.326 e. The van der Waals surface area contributed by atoms with Crippen molar-refractivity contribution in [2.75, 3.05) is 5.32 Å². The predicted molar refractivity (Wildman–Crippen MR) is 86.5 cm³/mol. The molecule has 0 aliphatic carbocycles. The van der Waals surface area contributed by atoms with Crippen LogP contribution in [0.25, 0.3) is 0 Å². The van der Waals surface area contributed by atoms with Gasteiger partial charge in [0.15, 0.2) is 0 Å². The predicted octanol–water partition coefficient (Wildman–Crippen LogP) is 4.47. The van der Waals surface area contributed by atoms with Gasteiger partial charge in [-0.1, -0.05) is 35.3 Å². The zero-order valence-corrected chi connectivity index (χ0v) is 12.9. The topological polar surface area (TPSA) is 72.2 Å². The quantitative estimate of drug-likeness (QED) is 0.645. The highest BCUT2D eigenvalue weighted by Crippen LogP contribution is 2.23. The highest BCUT2D eigenvalue weighted by molar-refractivity contribution is 6.42. The van der Waals surface area contributed by atoms with E-state index in [1.165, 1.54) is 18.2 Å². The first kappa shape index (κ1) is 16.3. The third kappa shape index (κ3) is 4.44. The lowest BCUT2D eigenvalue weighted by atomic mass is 10.1. The van der Waals surface area contributed by atoms with Gasteiger partial charge < -0.3 is 5.32 Å². The van der Waals surface area contributed by atoms with Gasteiger partial charge >= 0.3 is 0 Å². The molecule has 7 heteroatoms. The molecule has 0 aliphatic rings. The summed E-state index contributed by atoms with van der Waals surface area (Å²) in [5.74, 6) is -0.230. The molecule has 0 aromatic heterocycles. The molecule has 0 saturated heterocycles. The number of anilines is 1. The second-order valence-electron chi connectivity index (χ2n) is 4.60. The van der Waals surface area contributed by atoms with Crippen LogP contribution in [-0.2, 0) is 11.2 Å². The molecule has 0 aliphatic heterocycles. The van der Waals surface area contributed by atoms with Crippen LogP contribution in [-0.4, -0.2) is 10.8 Å². The van der Waals surface area contributed by atoms with Gasteiger partial charge in [0.2, 0.25) is 5.91 Å². The summed E-state index contributed by atoms with van der Waals surface area (Å²) in [6.07, 6.45) is 0.734. The Hall–Kier alpha value is -2.11. The largest absolute Gasteiger partial charge is 0.326 e. The fourth-order valence-electron chi connectivity index (χ4n) is 1.87. The molecule has 0 radical (unpaired) electrons. The minimum atomic E-state index is -0.509. The summed E-state index contributed by atoms with van der Waals surface area (Å²) in [4.78, 5) is 22.0. The zero-order valence-electron chi connectivity index (χ0n) is 11.4. The maximum absolute atomic E-state index is 11.9. The van der Waals surface area contributed by atoms with Gasteiger partial charge in [0, 0.05) is 24.2 Å². The SMILES string of the molecule is O=C(CCc1ccc(Cl)c(Cl)c1)Nc1cccc([N+](=O)[O-])c1. The third-order valence-electron chi connectivity index (χ3n) is 2.97. The van der Waals surface area contributed by atoms with Crippen LogP contribution in [0.5, 0.6) is 0 Å². The molecule has 0 atom stereocenters. The van der Waals surface area contributed by atoms with Gasteiger partial charge in [-0.25, -0.2) is 0 Å². The summed E-state index contributed by atoms with van der Waals surface area (Å²) < 4.78 is 0. The number of nitrogens with one attached hydrogen (secondary N) is 1. The summed E-state index contributed by atoms with van der Waals surface area (Å²) in [5, 5.41) is 14.2. The van der Waals surface area contributed by atoms with Crippen molar-refractivity contribution in [3.8, 4) is 0 Å². The van der Waals surface area contributed by atoms with Crippen LogP contribution < -0.4 is 5.32 Å². The summed E-state index contributed by atoms with van der Waals surface area (Å²) in [7, 11) is 0. The molecule has 2 aromatic rings. The molecule has 0 unspecified atom stereocenters. The minimum absolute atomic E-state index is 0.0673. The smallest absolute Gasteiger partial charge is 0.271 e. The number of hydrogen-bond donors (Lipinski definition) is 1. The maximum atomic E-state index is 11.9. The molecular formula is C15H12Cl2N2O3. The molecule has 0 spiro atoms. The van der Waals surface area contributed by atoms with Crippen LogP contribution in [0.3, 0.4) is 0 Å². The van der Waals surface area contributed by atoms with Gasteiger partial charge in [-0.3, -0.25) is 14.9 Å². The number of aryl methyl sites for hydroxylation is 1. The Morgan fingerprint density at radius 1 is 1.14 bits per heavy atom. The monoisotopic (exact) mass is 338 g/mol. The Morgan fingerprint density at radius 2 is 1.91 bits per heavy atom. The van der Waals surface area contributed by atoms with E-state index < -0.39 is 4.92 Å². The molecule has 0 heterocycles. The van der Waals surface area contributed by atoms with Crippen molar-refractivity contribution in [2.24, 2.45) is 0 Å². The van der Waals surface area contributed by atoms with Gasteiger partial charge in [0.25, 0.3) is 5.69 Å². The molecular weight excluding hydrogens is 327 g/mol. The van der Waals surface area contributed by atoms with Crippen molar-refractivity contribution in [2.45, 2.75) is 12.8 Å². The average molecular weight is 339 g/mol. The van der Waals surface area contributed by atoms with Crippen molar-refractivity contribution in [1.29, 1.82) is 0 Å². The number of non-ortho nitro benzene ring substituents is 1. The number of carbonyl (C=O) groups excluding carboxylic acids is 1. The van der Waals surface area contributed by atoms with Crippen LogP contribution in [0.4, 0.5) is 11.4 Å². The van der Waals surface area contributed by atoms with Crippen LogP contribution in [0, 0.1) is 10.1 Å².